The van der Waals surface area contributed by atoms with Crippen molar-refractivity contribution in [3.63, 3.8) is 0 Å². The van der Waals surface area contributed by atoms with E-state index in [9.17, 15) is 4.79 Å². The zero-order valence-corrected chi connectivity index (χ0v) is 13.5. The van der Waals surface area contributed by atoms with Crippen LogP contribution in [0.4, 0.5) is 5.69 Å². The predicted molar refractivity (Wildman–Crippen MR) is 88.8 cm³/mol. The minimum atomic E-state index is -0.193. The molecule has 112 valence electrons. The second-order valence-electron chi connectivity index (χ2n) is 4.37. The smallest absolute Gasteiger partial charge is 0.234 e. The predicted octanol–water partition coefficient (Wildman–Crippen LogP) is 3.77. The molecule has 0 atom stereocenters. The van der Waals surface area contributed by atoms with Crippen LogP contribution in [0.5, 0.6) is 0 Å². The average molecular weight is 353 g/mol. The van der Waals surface area contributed by atoms with Gasteiger partial charge in [0.05, 0.1) is 16.5 Å². The number of halogens is 2. The molecule has 0 saturated heterocycles. The van der Waals surface area contributed by atoms with E-state index in [1.54, 1.807) is 18.2 Å². The quantitative estimate of drug-likeness (QED) is 0.726. The van der Waals surface area contributed by atoms with E-state index in [0.29, 0.717) is 20.9 Å². The van der Waals surface area contributed by atoms with Crippen LogP contribution in [0.2, 0.25) is 10.0 Å². The molecule has 3 aromatic rings. The monoisotopic (exact) mass is 352 g/mol. The number of pyridine rings is 1. The van der Waals surface area contributed by atoms with Gasteiger partial charge in [-0.15, -0.1) is 10.2 Å². The fourth-order valence-corrected chi connectivity index (χ4v) is 2.89. The zero-order chi connectivity index (χ0) is 15.5. The van der Waals surface area contributed by atoms with Crippen molar-refractivity contribution in [2.24, 2.45) is 0 Å². The average Bonchev–Trinajstić information content (AvgIpc) is 2.92. The molecule has 0 fully saturated rings. The Morgan fingerprint density at radius 1 is 1.23 bits per heavy atom. The minimum Gasteiger partial charge on any atom is -0.324 e. The SMILES string of the molecule is O=C(CSc1nnc2ccccn12)Nc1cc(Cl)ccc1Cl. The summed E-state index contributed by atoms with van der Waals surface area (Å²) in [6.45, 7) is 0. The first-order valence-electron chi connectivity index (χ1n) is 6.31. The van der Waals surface area contributed by atoms with Crippen LogP contribution in [0.25, 0.3) is 5.65 Å². The van der Waals surface area contributed by atoms with Crippen LogP contribution in [-0.4, -0.2) is 26.3 Å². The highest BCUT2D eigenvalue weighted by Crippen LogP contribution is 2.26. The third-order valence-corrected chi connectivity index (χ3v) is 4.33. The van der Waals surface area contributed by atoms with Crippen LogP contribution in [0.15, 0.2) is 47.8 Å². The Kier molecular flexibility index (Phi) is 4.52. The van der Waals surface area contributed by atoms with Gasteiger partial charge in [0, 0.05) is 11.2 Å². The zero-order valence-electron chi connectivity index (χ0n) is 11.2. The number of fused-ring (bicyclic) bond motifs is 1. The number of amides is 1. The first-order chi connectivity index (χ1) is 10.6. The lowest BCUT2D eigenvalue weighted by Gasteiger charge is -2.07. The van der Waals surface area contributed by atoms with Crippen LogP contribution in [0, 0.1) is 0 Å². The molecule has 2 heterocycles. The van der Waals surface area contributed by atoms with Crippen molar-refractivity contribution in [3.05, 3.63) is 52.6 Å². The lowest BCUT2D eigenvalue weighted by atomic mass is 10.3. The number of benzene rings is 1. The van der Waals surface area contributed by atoms with Crippen LogP contribution in [0.1, 0.15) is 0 Å². The van der Waals surface area contributed by atoms with Crippen molar-refractivity contribution in [1.29, 1.82) is 0 Å². The number of thioether (sulfide) groups is 1. The third kappa shape index (κ3) is 3.35. The number of hydrogen-bond acceptors (Lipinski definition) is 4. The molecule has 0 saturated carbocycles. The molecule has 0 unspecified atom stereocenters. The maximum absolute atomic E-state index is 12.0. The first-order valence-corrected chi connectivity index (χ1v) is 8.05. The highest BCUT2D eigenvalue weighted by Gasteiger charge is 2.10. The molecule has 1 aromatic carbocycles. The molecule has 0 aliphatic heterocycles. The molecule has 3 rings (SSSR count). The van der Waals surface area contributed by atoms with Crippen LogP contribution in [-0.2, 0) is 4.79 Å². The van der Waals surface area contributed by atoms with Gasteiger partial charge in [-0.3, -0.25) is 9.20 Å². The van der Waals surface area contributed by atoms with E-state index in [-0.39, 0.29) is 11.7 Å². The Labute approximate surface area is 140 Å². The number of carbonyl (C=O) groups excluding carboxylic acids is 1. The number of anilines is 1. The summed E-state index contributed by atoms with van der Waals surface area (Å²) >= 11 is 13.2. The standard InChI is InChI=1S/C14H10Cl2N4OS/c15-9-4-5-10(16)11(7-9)17-13(21)8-22-14-19-18-12-3-1-2-6-20(12)14/h1-7H,8H2,(H,17,21). The number of nitrogens with one attached hydrogen (secondary N) is 1. The van der Waals surface area contributed by atoms with Gasteiger partial charge >= 0.3 is 0 Å². The van der Waals surface area contributed by atoms with Crippen molar-refractivity contribution in [3.8, 4) is 0 Å². The highest BCUT2D eigenvalue weighted by molar-refractivity contribution is 7.99. The third-order valence-electron chi connectivity index (χ3n) is 2.82. The molecule has 0 bridgehead atoms. The summed E-state index contributed by atoms with van der Waals surface area (Å²) in [5, 5.41) is 12.4. The lowest BCUT2D eigenvalue weighted by Crippen LogP contribution is -2.14. The van der Waals surface area contributed by atoms with Gasteiger partial charge in [0.15, 0.2) is 10.8 Å². The van der Waals surface area contributed by atoms with Crippen molar-refractivity contribution >= 4 is 52.2 Å². The summed E-state index contributed by atoms with van der Waals surface area (Å²) in [5.74, 6) is 0.000252. The van der Waals surface area contributed by atoms with E-state index >= 15 is 0 Å². The van der Waals surface area contributed by atoms with Crippen LogP contribution >= 0.6 is 35.0 Å². The van der Waals surface area contributed by atoms with Gasteiger partial charge in [-0.1, -0.05) is 41.0 Å². The Morgan fingerprint density at radius 3 is 2.95 bits per heavy atom. The van der Waals surface area contributed by atoms with E-state index in [0.717, 1.165) is 5.65 Å². The van der Waals surface area contributed by atoms with E-state index in [4.69, 9.17) is 23.2 Å². The van der Waals surface area contributed by atoms with Gasteiger partial charge in [-0.05, 0) is 30.3 Å². The van der Waals surface area contributed by atoms with Gasteiger partial charge < -0.3 is 5.32 Å². The molecule has 2 aromatic heterocycles. The van der Waals surface area contributed by atoms with Gasteiger partial charge in [0.1, 0.15) is 0 Å². The van der Waals surface area contributed by atoms with Gasteiger partial charge in [-0.2, -0.15) is 0 Å². The lowest BCUT2D eigenvalue weighted by molar-refractivity contribution is -0.113. The highest BCUT2D eigenvalue weighted by atomic mass is 35.5. The fourth-order valence-electron chi connectivity index (χ4n) is 1.83. The Hall–Kier alpha value is -1.76. The molecule has 22 heavy (non-hydrogen) atoms. The van der Waals surface area contributed by atoms with Crippen molar-refractivity contribution in [1.82, 2.24) is 14.6 Å². The molecule has 1 N–H and O–H groups in total. The molecule has 0 spiro atoms. The maximum atomic E-state index is 12.0. The number of carbonyl (C=O) groups is 1. The molecule has 0 aliphatic carbocycles. The van der Waals surface area contributed by atoms with Crippen LogP contribution < -0.4 is 5.32 Å². The Balaban J connectivity index is 1.66. The minimum absolute atomic E-state index is 0.193. The summed E-state index contributed by atoms with van der Waals surface area (Å²) in [7, 11) is 0. The topological polar surface area (TPSA) is 59.3 Å². The number of aromatic nitrogens is 3. The second kappa shape index (κ2) is 6.56. The molecule has 8 heteroatoms. The fraction of sp³-hybridized carbons (Fsp3) is 0.0714. The first kappa shape index (κ1) is 15.1. The number of rotatable bonds is 4. The van der Waals surface area contributed by atoms with Crippen molar-refractivity contribution < 1.29 is 4.79 Å². The molecule has 0 radical (unpaired) electrons. The van der Waals surface area contributed by atoms with E-state index in [1.807, 2.05) is 28.8 Å². The Morgan fingerprint density at radius 2 is 2.09 bits per heavy atom. The number of hydrogen-bond donors (Lipinski definition) is 1. The van der Waals surface area contributed by atoms with E-state index < -0.39 is 0 Å². The maximum Gasteiger partial charge on any atom is 0.234 e. The molecule has 5 nitrogen and oxygen atoms in total. The van der Waals surface area contributed by atoms with E-state index in [2.05, 4.69) is 15.5 Å². The van der Waals surface area contributed by atoms with Gasteiger partial charge in [0.25, 0.3) is 0 Å². The van der Waals surface area contributed by atoms with Crippen molar-refractivity contribution in [2.45, 2.75) is 5.16 Å². The normalized spacial score (nSPS) is 10.8. The van der Waals surface area contributed by atoms with Gasteiger partial charge in [0.2, 0.25) is 5.91 Å². The molecule has 1 amide bonds. The van der Waals surface area contributed by atoms with E-state index in [1.165, 1.54) is 11.8 Å². The number of nitrogens with zero attached hydrogens (tertiary/aromatic N) is 3. The summed E-state index contributed by atoms with van der Waals surface area (Å²) in [4.78, 5) is 12.0. The molecular weight excluding hydrogens is 343 g/mol. The molecule has 0 aliphatic rings. The second-order valence-corrected chi connectivity index (χ2v) is 6.16. The summed E-state index contributed by atoms with van der Waals surface area (Å²) in [6, 6.07) is 10.5. The summed E-state index contributed by atoms with van der Waals surface area (Å²) in [5.41, 5.74) is 1.23. The van der Waals surface area contributed by atoms with Crippen LogP contribution in [0.3, 0.4) is 0 Å². The summed E-state index contributed by atoms with van der Waals surface area (Å²) in [6.07, 6.45) is 1.85. The summed E-state index contributed by atoms with van der Waals surface area (Å²) < 4.78 is 1.82. The largest absolute Gasteiger partial charge is 0.324 e. The molecular formula is C14H10Cl2N4OS. The van der Waals surface area contributed by atoms with Crippen molar-refractivity contribution in [2.75, 3.05) is 11.1 Å². The van der Waals surface area contributed by atoms with Gasteiger partial charge in [-0.25, -0.2) is 0 Å². The Bertz CT molecular complexity index is 837.